The van der Waals surface area contributed by atoms with Gasteiger partial charge in [0, 0.05) is 17.1 Å². The summed E-state index contributed by atoms with van der Waals surface area (Å²) < 4.78 is 19.8. The van der Waals surface area contributed by atoms with Crippen molar-refractivity contribution in [2.75, 3.05) is 12.4 Å². The molecule has 0 bridgehead atoms. The topological polar surface area (TPSA) is 51.5 Å². The monoisotopic (exact) mass is 306 g/mol. The van der Waals surface area contributed by atoms with Crippen LogP contribution < -0.4 is 10.1 Å². The smallest absolute Gasteiger partial charge is 0.243 e. The first-order valence-electron chi connectivity index (χ1n) is 6.24. The molecule has 0 aliphatic carbocycles. The van der Waals surface area contributed by atoms with Crippen LogP contribution in [0.25, 0.3) is 5.65 Å². The van der Waals surface area contributed by atoms with Crippen LogP contribution in [0.1, 0.15) is 5.56 Å². The maximum Gasteiger partial charge on any atom is 0.243 e. The molecule has 5 nitrogen and oxygen atoms in total. The molecule has 2 aromatic heterocycles. The molecule has 0 radical (unpaired) electrons. The Bertz CT molecular complexity index is 790. The number of pyridine rings is 1. The Morgan fingerprint density at radius 2 is 2.19 bits per heavy atom. The first-order valence-corrected chi connectivity index (χ1v) is 6.62. The highest BCUT2D eigenvalue weighted by Gasteiger charge is 2.09. The molecule has 3 aromatic rings. The number of nitrogens with one attached hydrogen (secondary N) is 1. The van der Waals surface area contributed by atoms with E-state index in [1.54, 1.807) is 19.2 Å². The van der Waals surface area contributed by atoms with Crippen molar-refractivity contribution in [3.05, 3.63) is 52.9 Å². The molecule has 1 aromatic carbocycles. The Morgan fingerprint density at radius 1 is 1.33 bits per heavy atom. The third-order valence-corrected chi connectivity index (χ3v) is 3.37. The predicted molar refractivity (Wildman–Crippen MR) is 78.3 cm³/mol. The van der Waals surface area contributed by atoms with E-state index in [0.29, 0.717) is 28.9 Å². The lowest BCUT2D eigenvalue weighted by Crippen LogP contribution is -2.04. The van der Waals surface area contributed by atoms with Gasteiger partial charge in [-0.15, -0.1) is 5.10 Å². The minimum absolute atomic E-state index is 0.369. The van der Waals surface area contributed by atoms with Crippen LogP contribution in [0.5, 0.6) is 5.75 Å². The Balaban J connectivity index is 1.83. The molecule has 0 amide bonds. The number of anilines is 1. The summed E-state index contributed by atoms with van der Waals surface area (Å²) in [6.45, 7) is 0.405. The second kappa shape index (κ2) is 5.57. The summed E-state index contributed by atoms with van der Waals surface area (Å²) >= 11 is 6.16. The van der Waals surface area contributed by atoms with Gasteiger partial charge >= 0.3 is 0 Å². The minimum atomic E-state index is -0.369. The fraction of sp³-hybridized carbons (Fsp3) is 0.143. The molecule has 7 heteroatoms. The van der Waals surface area contributed by atoms with E-state index in [1.165, 1.54) is 16.8 Å². The first-order chi connectivity index (χ1) is 10.2. The molecule has 21 heavy (non-hydrogen) atoms. The number of benzene rings is 1. The van der Waals surface area contributed by atoms with E-state index >= 15 is 0 Å². The van der Waals surface area contributed by atoms with Crippen LogP contribution in [-0.4, -0.2) is 21.7 Å². The summed E-state index contributed by atoms with van der Waals surface area (Å²) in [6, 6.07) is 8.33. The van der Waals surface area contributed by atoms with Crippen LogP contribution in [0.15, 0.2) is 36.5 Å². The highest BCUT2D eigenvalue weighted by molar-refractivity contribution is 6.31. The summed E-state index contributed by atoms with van der Waals surface area (Å²) in [5.41, 5.74) is 1.37. The fourth-order valence-corrected chi connectivity index (χ4v) is 2.23. The summed E-state index contributed by atoms with van der Waals surface area (Å²) in [7, 11) is 1.58. The van der Waals surface area contributed by atoms with Gasteiger partial charge in [-0.25, -0.2) is 8.91 Å². The molecule has 3 rings (SSSR count). The highest BCUT2D eigenvalue weighted by Crippen LogP contribution is 2.26. The van der Waals surface area contributed by atoms with Crippen molar-refractivity contribution in [3.8, 4) is 5.75 Å². The molecule has 0 aliphatic heterocycles. The van der Waals surface area contributed by atoms with Gasteiger partial charge in [-0.2, -0.15) is 4.98 Å². The Kier molecular flexibility index (Phi) is 3.62. The van der Waals surface area contributed by atoms with E-state index in [2.05, 4.69) is 15.4 Å². The molecule has 1 N–H and O–H groups in total. The number of nitrogens with zero attached hydrogens (tertiary/aromatic N) is 3. The second-order valence-corrected chi connectivity index (χ2v) is 4.77. The molecule has 2 heterocycles. The Labute approximate surface area is 125 Å². The number of fused-ring (bicyclic) bond motifs is 1. The number of halogens is 2. The van der Waals surface area contributed by atoms with Crippen molar-refractivity contribution in [2.24, 2.45) is 0 Å². The van der Waals surface area contributed by atoms with Gasteiger partial charge in [-0.3, -0.25) is 0 Å². The molecular formula is C14H12ClFN4O. The Morgan fingerprint density at radius 3 is 3.00 bits per heavy atom. The van der Waals surface area contributed by atoms with Crippen molar-refractivity contribution in [3.63, 3.8) is 0 Å². The van der Waals surface area contributed by atoms with Gasteiger partial charge in [-0.1, -0.05) is 17.7 Å². The second-order valence-electron chi connectivity index (χ2n) is 4.36. The average molecular weight is 307 g/mol. The third-order valence-electron chi connectivity index (χ3n) is 3.01. The van der Waals surface area contributed by atoms with E-state index in [9.17, 15) is 4.39 Å². The summed E-state index contributed by atoms with van der Waals surface area (Å²) in [4.78, 5) is 4.24. The van der Waals surface area contributed by atoms with Gasteiger partial charge < -0.3 is 10.1 Å². The predicted octanol–water partition coefficient (Wildman–Crippen LogP) is 3.14. The number of rotatable bonds is 4. The molecule has 0 fully saturated rings. The van der Waals surface area contributed by atoms with E-state index in [1.807, 2.05) is 12.1 Å². The minimum Gasteiger partial charge on any atom is -0.496 e. The van der Waals surface area contributed by atoms with Crippen molar-refractivity contribution in [2.45, 2.75) is 6.54 Å². The molecule has 108 valence electrons. The summed E-state index contributed by atoms with van der Waals surface area (Å²) in [5.74, 6) is 0.708. The van der Waals surface area contributed by atoms with Gasteiger partial charge in [0.15, 0.2) is 5.65 Å². The highest BCUT2D eigenvalue weighted by atomic mass is 35.5. The lowest BCUT2D eigenvalue weighted by atomic mass is 10.2. The Hall–Kier alpha value is -2.34. The van der Waals surface area contributed by atoms with E-state index < -0.39 is 0 Å². The van der Waals surface area contributed by atoms with Crippen molar-refractivity contribution < 1.29 is 9.13 Å². The van der Waals surface area contributed by atoms with Gasteiger partial charge in [0.2, 0.25) is 5.95 Å². The summed E-state index contributed by atoms with van der Waals surface area (Å²) in [5, 5.41) is 7.79. The van der Waals surface area contributed by atoms with Gasteiger partial charge in [0.25, 0.3) is 0 Å². The zero-order valence-electron chi connectivity index (χ0n) is 11.2. The normalized spacial score (nSPS) is 10.8. The molecule has 0 spiro atoms. The van der Waals surface area contributed by atoms with E-state index in [0.717, 1.165) is 5.56 Å². The largest absolute Gasteiger partial charge is 0.496 e. The third kappa shape index (κ3) is 2.75. The average Bonchev–Trinajstić information content (AvgIpc) is 2.87. The molecule has 0 saturated carbocycles. The zero-order valence-corrected chi connectivity index (χ0v) is 11.9. The number of methoxy groups -OCH3 is 1. The van der Waals surface area contributed by atoms with Crippen LogP contribution in [-0.2, 0) is 6.54 Å². The van der Waals surface area contributed by atoms with Gasteiger partial charge in [0.1, 0.15) is 11.6 Å². The zero-order chi connectivity index (χ0) is 14.8. The first kappa shape index (κ1) is 13.6. The SMILES string of the molecule is COc1cccc(Cl)c1CNc1nc2ccc(F)cn2n1. The standard InChI is InChI=1S/C14H12ClFN4O/c1-21-12-4-2-3-11(15)10(12)7-17-14-18-13-6-5-9(16)8-20(13)19-14/h2-6,8H,7H2,1H3,(H,17,19). The maximum absolute atomic E-state index is 13.1. The lowest BCUT2D eigenvalue weighted by Gasteiger charge is -2.10. The number of ether oxygens (including phenoxy) is 1. The number of hydrogen-bond acceptors (Lipinski definition) is 4. The summed E-state index contributed by atoms with van der Waals surface area (Å²) in [6.07, 6.45) is 1.27. The van der Waals surface area contributed by atoms with Crippen LogP contribution in [0.2, 0.25) is 5.02 Å². The van der Waals surface area contributed by atoms with Gasteiger partial charge in [-0.05, 0) is 24.3 Å². The van der Waals surface area contributed by atoms with Crippen molar-refractivity contribution in [1.82, 2.24) is 14.6 Å². The fourth-order valence-electron chi connectivity index (χ4n) is 2.00. The molecular weight excluding hydrogens is 295 g/mol. The number of aromatic nitrogens is 3. The molecule has 0 unspecified atom stereocenters. The lowest BCUT2D eigenvalue weighted by molar-refractivity contribution is 0.410. The molecule has 0 saturated heterocycles. The van der Waals surface area contributed by atoms with Crippen molar-refractivity contribution >= 4 is 23.2 Å². The number of hydrogen-bond donors (Lipinski definition) is 1. The van der Waals surface area contributed by atoms with Crippen LogP contribution in [0.4, 0.5) is 10.3 Å². The van der Waals surface area contributed by atoms with Crippen LogP contribution in [0, 0.1) is 5.82 Å². The quantitative estimate of drug-likeness (QED) is 0.804. The molecule has 0 aliphatic rings. The molecule has 0 atom stereocenters. The van der Waals surface area contributed by atoms with E-state index in [-0.39, 0.29) is 5.82 Å². The van der Waals surface area contributed by atoms with Crippen LogP contribution >= 0.6 is 11.6 Å². The van der Waals surface area contributed by atoms with Crippen molar-refractivity contribution in [1.29, 1.82) is 0 Å². The maximum atomic E-state index is 13.1. The van der Waals surface area contributed by atoms with Crippen LogP contribution in [0.3, 0.4) is 0 Å². The van der Waals surface area contributed by atoms with Gasteiger partial charge in [0.05, 0.1) is 13.3 Å². The van der Waals surface area contributed by atoms with E-state index in [4.69, 9.17) is 16.3 Å².